The van der Waals surface area contributed by atoms with Crippen molar-refractivity contribution < 1.29 is 23.8 Å². The second kappa shape index (κ2) is 11.4. The Labute approximate surface area is 178 Å². The van der Waals surface area contributed by atoms with Gasteiger partial charge in [-0.1, -0.05) is 30.2 Å². The number of rotatable bonds is 11. The number of hydrogen-bond acceptors (Lipinski definition) is 5. The van der Waals surface area contributed by atoms with Gasteiger partial charge < -0.3 is 14.3 Å². The van der Waals surface area contributed by atoms with Crippen LogP contribution in [-0.2, 0) is 9.53 Å². The summed E-state index contributed by atoms with van der Waals surface area (Å²) in [5.74, 6) is 0.0850. The zero-order valence-electron chi connectivity index (χ0n) is 18.4. The summed E-state index contributed by atoms with van der Waals surface area (Å²) in [5, 5.41) is 9.88. The number of esters is 1. The molecule has 1 aromatic rings. The molecule has 0 amide bonds. The number of aliphatic hydroxyl groups excluding tert-OH is 1. The van der Waals surface area contributed by atoms with Crippen LogP contribution >= 0.6 is 0 Å². The first-order valence-electron chi connectivity index (χ1n) is 10.5. The molecule has 0 fully saturated rings. The number of ether oxygens (including phenoxy) is 1. The van der Waals surface area contributed by atoms with Crippen LogP contribution in [0.15, 0.2) is 69.5 Å². The highest BCUT2D eigenvalue weighted by atomic mass is 16.6. The molecule has 1 aromatic heterocycles. The van der Waals surface area contributed by atoms with E-state index in [4.69, 9.17) is 9.15 Å². The maximum absolute atomic E-state index is 12.0. The van der Waals surface area contributed by atoms with Crippen molar-refractivity contribution in [2.45, 2.75) is 66.2 Å². The van der Waals surface area contributed by atoms with E-state index in [9.17, 15) is 14.7 Å². The average Bonchev–Trinajstić information content (AvgIpc) is 3.32. The number of aliphatic hydroxyl groups is 1. The second-order valence-electron chi connectivity index (χ2n) is 8.04. The van der Waals surface area contributed by atoms with E-state index in [2.05, 4.69) is 32.9 Å². The van der Waals surface area contributed by atoms with E-state index >= 15 is 0 Å². The zero-order chi connectivity index (χ0) is 22.1. The number of hydrogen-bond donors (Lipinski definition) is 1. The van der Waals surface area contributed by atoms with Gasteiger partial charge in [0, 0.05) is 6.42 Å². The Morgan fingerprint density at radius 2 is 1.87 bits per heavy atom. The van der Waals surface area contributed by atoms with Crippen molar-refractivity contribution in [3.63, 3.8) is 0 Å². The van der Waals surface area contributed by atoms with Gasteiger partial charge in [-0.2, -0.15) is 0 Å². The van der Waals surface area contributed by atoms with Crippen molar-refractivity contribution in [2.24, 2.45) is 5.92 Å². The summed E-state index contributed by atoms with van der Waals surface area (Å²) in [4.78, 5) is 23.4. The summed E-state index contributed by atoms with van der Waals surface area (Å²) in [5.41, 5.74) is 3.45. The predicted molar refractivity (Wildman–Crippen MR) is 117 cm³/mol. The molecule has 0 saturated heterocycles. The Balaban J connectivity index is 1.68. The molecule has 0 aliphatic carbocycles. The maximum Gasteiger partial charge on any atom is 0.343 e. The Kier molecular flexibility index (Phi) is 8.90. The third kappa shape index (κ3) is 7.21. The molecule has 5 nitrogen and oxygen atoms in total. The topological polar surface area (TPSA) is 76.7 Å². The lowest BCUT2D eigenvalue weighted by Gasteiger charge is -2.08. The fourth-order valence-electron chi connectivity index (χ4n) is 3.21. The van der Waals surface area contributed by atoms with Gasteiger partial charge in [-0.05, 0) is 70.9 Å². The number of carbonyl (C=O) groups excluding carboxylic acids is 2. The first kappa shape index (κ1) is 23.5. The van der Waals surface area contributed by atoms with E-state index in [1.807, 2.05) is 6.08 Å². The highest BCUT2D eigenvalue weighted by molar-refractivity contribution is 5.95. The number of ketones is 1. The van der Waals surface area contributed by atoms with Gasteiger partial charge in [0.15, 0.2) is 17.3 Å². The van der Waals surface area contributed by atoms with Crippen molar-refractivity contribution in [2.75, 3.05) is 0 Å². The lowest BCUT2D eigenvalue weighted by Crippen LogP contribution is -1.97. The van der Waals surface area contributed by atoms with Gasteiger partial charge in [-0.25, -0.2) is 4.79 Å². The molecule has 0 aromatic carbocycles. The molecule has 1 unspecified atom stereocenters. The van der Waals surface area contributed by atoms with Gasteiger partial charge >= 0.3 is 5.97 Å². The van der Waals surface area contributed by atoms with E-state index in [0.29, 0.717) is 12.0 Å². The van der Waals surface area contributed by atoms with Crippen LogP contribution in [0.3, 0.4) is 0 Å². The number of allylic oxidation sites excluding steroid dienone is 5. The molecule has 0 bridgehead atoms. The Hall–Kier alpha value is -2.82. The minimum atomic E-state index is -0.473. The molecule has 5 heteroatoms. The normalized spacial score (nSPS) is 17.6. The van der Waals surface area contributed by atoms with Crippen LogP contribution in [0, 0.1) is 5.92 Å². The zero-order valence-corrected chi connectivity index (χ0v) is 18.4. The lowest BCUT2D eigenvalue weighted by atomic mass is 10.00. The molecule has 1 aliphatic rings. The lowest BCUT2D eigenvalue weighted by molar-refractivity contribution is -0.133. The molecule has 1 atom stereocenters. The highest BCUT2D eigenvalue weighted by Crippen LogP contribution is 2.26. The molecule has 1 aliphatic heterocycles. The maximum atomic E-state index is 12.0. The quantitative estimate of drug-likeness (QED) is 0.251. The van der Waals surface area contributed by atoms with Crippen molar-refractivity contribution in [1.29, 1.82) is 0 Å². The van der Waals surface area contributed by atoms with Crippen molar-refractivity contribution in [3.8, 4) is 0 Å². The van der Waals surface area contributed by atoms with Crippen LogP contribution < -0.4 is 0 Å². The summed E-state index contributed by atoms with van der Waals surface area (Å²) < 4.78 is 10.0. The third-order valence-corrected chi connectivity index (χ3v) is 5.29. The van der Waals surface area contributed by atoms with Crippen molar-refractivity contribution >= 4 is 11.8 Å². The molecule has 0 radical (unpaired) electrons. The minimum absolute atomic E-state index is 0.0449. The van der Waals surface area contributed by atoms with Crippen LogP contribution in [0.4, 0.5) is 0 Å². The number of furan rings is 1. The molecular weight excluding hydrogens is 380 g/mol. The molecule has 0 saturated carbocycles. The number of Topliss-reactive ketones (excluding diaryl/α,β-unsaturated/α-hetero) is 1. The average molecular weight is 413 g/mol. The fourth-order valence-corrected chi connectivity index (χ4v) is 3.21. The Morgan fingerprint density at radius 1 is 1.17 bits per heavy atom. The second-order valence-corrected chi connectivity index (χ2v) is 8.04. The van der Waals surface area contributed by atoms with Crippen molar-refractivity contribution in [3.05, 3.63) is 70.6 Å². The van der Waals surface area contributed by atoms with Gasteiger partial charge in [0.1, 0.15) is 6.26 Å². The molecule has 0 spiro atoms. The molecule has 2 heterocycles. The van der Waals surface area contributed by atoms with Crippen LogP contribution in [0.25, 0.3) is 0 Å². The van der Waals surface area contributed by atoms with E-state index < -0.39 is 5.97 Å². The van der Waals surface area contributed by atoms with Crippen LogP contribution in [0.1, 0.15) is 76.6 Å². The van der Waals surface area contributed by atoms with E-state index in [1.165, 1.54) is 23.7 Å². The number of carbonyl (C=O) groups is 2. The van der Waals surface area contributed by atoms with Gasteiger partial charge in [-0.3, -0.25) is 4.79 Å². The van der Waals surface area contributed by atoms with Gasteiger partial charge in [0.2, 0.25) is 0 Å². The molecule has 30 heavy (non-hydrogen) atoms. The summed E-state index contributed by atoms with van der Waals surface area (Å²) in [7, 11) is 0. The van der Waals surface area contributed by atoms with Crippen molar-refractivity contribution in [1.82, 2.24) is 0 Å². The van der Waals surface area contributed by atoms with Gasteiger partial charge in [0.05, 0.1) is 17.4 Å². The van der Waals surface area contributed by atoms with Crippen LogP contribution in [0.5, 0.6) is 0 Å². The summed E-state index contributed by atoms with van der Waals surface area (Å²) in [6.45, 7) is 7.80. The number of cyclic esters (lactones) is 1. The predicted octanol–water partition coefficient (Wildman–Crippen LogP) is 6.60. The monoisotopic (exact) mass is 412 g/mol. The minimum Gasteiger partial charge on any atom is -0.504 e. The van der Waals surface area contributed by atoms with Gasteiger partial charge in [0.25, 0.3) is 0 Å². The first-order chi connectivity index (χ1) is 14.3. The smallest absolute Gasteiger partial charge is 0.343 e. The fraction of sp³-hybridized carbons (Fsp3) is 0.440. The highest BCUT2D eigenvalue weighted by Gasteiger charge is 2.26. The van der Waals surface area contributed by atoms with E-state index in [1.54, 1.807) is 13.0 Å². The van der Waals surface area contributed by atoms with E-state index in [0.717, 1.165) is 32.1 Å². The molecule has 2 rings (SSSR count). The Morgan fingerprint density at radius 3 is 2.47 bits per heavy atom. The van der Waals surface area contributed by atoms with Crippen LogP contribution in [-0.4, -0.2) is 16.9 Å². The summed E-state index contributed by atoms with van der Waals surface area (Å²) in [6.07, 6.45) is 14.3. The third-order valence-electron chi connectivity index (χ3n) is 5.29. The standard InChI is InChI=1S/C25H32O5/c1-17(7-5-9-18(2)11-12-22(26)21-13-14-29-16-21)8-6-10-19(3)15-23-24(27)20(4)25(28)30-23/h7,9,13-16,19,27H,5-6,8,10-12H2,1-4H3. The SMILES string of the molecule is CC(=CCC=C(C)CCC(=O)c1ccoc1)CCCC(C)C=C1OC(=O)C(C)=C1O. The largest absolute Gasteiger partial charge is 0.504 e. The van der Waals surface area contributed by atoms with E-state index in [-0.39, 0.29) is 28.8 Å². The van der Waals surface area contributed by atoms with Gasteiger partial charge in [-0.15, -0.1) is 0 Å². The molecule has 1 N–H and O–H groups in total. The summed E-state index contributed by atoms with van der Waals surface area (Å²) in [6, 6.07) is 1.70. The molecular formula is C25H32O5. The Bertz CT molecular complexity index is 865. The summed E-state index contributed by atoms with van der Waals surface area (Å²) >= 11 is 0. The molecule has 162 valence electrons. The first-order valence-corrected chi connectivity index (χ1v) is 10.5. The van der Waals surface area contributed by atoms with Crippen LogP contribution in [0.2, 0.25) is 0 Å².